The number of nitrogens with zero attached hydrogens (tertiary/aromatic N) is 2. The second kappa shape index (κ2) is 15.0. The summed E-state index contributed by atoms with van der Waals surface area (Å²) < 4.78 is 41.5. The van der Waals surface area contributed by atoms with Crippen molar-refractivity contribution in [1.29, 1.82) is 0 Å². The third-order valence-electron chi connectivity index (χ3n) is 7.57. The molecule has 1 heterocycles. The predicted octanol–water partition coefficient (Wildman–Crippen LogP) is 9.43. The van der Waals surface area contributed by atoms with Crippen molar-refractivity contribution < 1.29 is 27.5 Å². The molecule has 7 rings (SSSR count). The molecule has 0 aliphatic carbocycles. The Kier molecular flexibility index (Phi) is 10.2. The summed E-state index contributed by atoms with van der Waals surface area (Å²) in [5.74, 6) is 1.75. The predicted molar refractivity (Wildman–Crippen MR) is 219 cm³/mol. The molecule has 6 aromatic carbocycles. The summed E-state index contributed by atoms with van der Waals surface area (Å²) >= 11 is 6.35. The Labute approximate surface area is 318 Å². The van der Waals surface area contributed by atoms with Crippen molar-refractivity contribution in [3.05, 3.63) is 151 Å². The van der Waals surface area contributed by atoms with Gasteiger partial charge in [-0.2, -0.15) is 0 Å². The summed E-state index contributed by atoms with van der Waals surface area (Å²) in [7, 11) is -10.1. The van der Waals surface area contributed by atoms with Gasteiger partial charge in [-0.15, -0.1) is 0 Å². The van der Waals surface area contributed by atoms with Crippen molar-refractivity contribution in [2.24, 2.45) is 4.52 Å². The number of hydrogen-bond acceptors (Lipinski definition) is 14. The van der Waals surface area contributed by atoms with Gasteiger partial charge in [0.2, 0.25) is 0 Å². The monoisotopic (exact) mass is 804 g/mol. The molecule has 0 spiro atoms. The van der Waals surface area contributed by atoms with Crippen LogP contribution in [0.15, 0.2) is 150 Å². The molecule has 1 atom stereocenters. The molecule has 1 aliphatic rings. The molecule has 11 N–H and O–H groups in total. The summed E-state index contributed by atoms with van der Waals surface area (Å²) in [6.07, 6.45) is 0. The van der Waals surface area contributed by atoms with Crippen LogP contribution in [0.3, 0.4) is 0 Å². The zero-order valence-electron chi connectivity index (χ0n) is 28.4. The summed E-state index contributed by atoms with van der Waals surface area (Å²) in [4.78, 5) is 10.3. The first-order valence-corrected chi connectivity index (χ1v) is 21.0. The van der Waals surface area contributed by atoms with Crippen LogP contribution in [0.1, 0.15) is 0 Å². The van der Waals surface area contributed by atoms with E-state index in [1.54, 1.807) is 146 Å². The minimum atomic E-state index is -5.47. The van der Waals surface area contributed by atoms with Crippen LogP contribution < -0.4 is 61.0 Å². The molecule has 0 amide bonds. The minimum absolute atomic E-state index is 0.270. The molecule has 1 unspecified atom stereocenters. The zero-order valence-corrected chi connectivity index (χ0v) is 31.9. The molecule has 14 nitrogen and oxygen atoms in total. The van der Waals surface area contributed by atoms with Gasteiger partial charge in [-0.25, -0.2) is 0 Å². The van der Waals surface area contributed by atoms with Crippen molar-refractivity contribution in [2.75, 3.05) is 28.7 Å². The van der Waals surface area contributed by atoms with Crippen molar-refractivity contribution in [1.82, 2.24) is 9.46 Å². The van der Waals surface area contributed by atoms with Crippen LogP contribution in [-0.2, 0) is 0 Å². The van der Waals surface area contributed by atoms with Gasteiger partial charge >= 0.3 is 319 Å². The molecule has 0 bridgehead atoms. The summed E-state index contributed by atoms with van der Waals surface area (Å²) in [6.45, 7) is 0. The Hall–Kier alpha value is -5.58. The second-order valence-corrected chi connectivity index (χ2v) is 18.7. The number of rotatable bonds is 12. The van der Waals surface area contributed by atoms with Gasteiger partial charge in [0.25, 0.3) is 0 Å². The molecule has 0 fully saturated rings. The fourth-order valence-electron chi connectivity index (χ4n) is 4.99. The molecular formula is C36H36ClN8O6P3. The number of nitrogen functional groups attached to an aromatic ring is 5. The fraction of sp³-hybridized carbons (Fsp3) is 0. The first-order valence-electron chi connectivity index (χ1n) is 16.2. The molecule has 0 saturated carbocycles. The van der Waals surface area contributed by atoms with Gasteiger partial charge in [0.1, 0.15) is 0 Å². The van der Waals surface area contributed by atoms with Crippen molar-refractivity contribution in [3.8, 4) is 34.5 Å². The van der Waals surface area contributed by atoms with E-state index in [2.05, 4.69) is 4.86 Å². The van der Waals surface area contributed by atoms with E-state index in [0.29, 0.717) is 45.0 Å². The van der Waals surface area contributed by atoms with Crippen LogP contribution in [0.2, 0.25) is 5.02 Å². The Morgan fingerprint density at radius 2 is 0.796 bits per heavy atom. The average Bonchev–Trinajstić information content (AvgIpc) is 3.16. The summed E-state index contributed by atoms with van der Waals surface area (Å²) in [5, 5.41) is 0.466. The quantitative estimate of drug-likeness (QED) is 0.0503. The van der Waals surface area contributed by atoms with Gasteiger partial charge in [0.15, 0.2) is 0 Å². The molecule has 54 heavy (non-hydrogen) atoms. The van der Waals surface area contributed by atoms with Crippen molar-refractivity contribution in [2.45, 2.75) is 0 Å². The zero-order chi connectivity index (χ0) is 37.8. The molecule has 0 radical (unpaired) electrons. The molecule has 278 valence electrons. The van der Waals surface area contributed by atoms with E-state index in [-0.39, 0.29) is 23.0 Å². The van der Waals surface area contributed by atoms with Crippen LogP contribution >= 0.6 is 35.7 Å². The van der Waals surface area contributed by atoms with E-state index in [1.807, 2.05) is 0 Å². The normalized spacial score (nSPS) is 16.8. The molecular weight excluding hydrogens is 769 g/mol. The van der Waals surface area contributed by atoms with Crippen LogP contribution in [0, 0.1) is 0 Å². The van der Waals surface area contributed by atoms with E-state index in [1.165, 1.54) is 4.60 Å². The number of nitrogens with one attached hydrogen (secondary N) is 1. The van der Waals surface area contributed by atoms with Gasteiger partial charge in [-0.05, 0) is 0 Å². The van der Waals surface area contributed by atoms with E-state index < -0.39 is 24.1 Å². The van der Waals surface area contributed by atoms with E-state index in [0.717, 1.165) is 0 Å². The number of benzene rings is 6. The van der Waals surface area contributed by atoms with E-state index >= 15 is 0 Å². The summed E-state index contributed by atoms with van der Waals surface area (Å²) in [6, 6.07) is 40.2. The number of anilines is 5. The maximum atomic E-state index is 7.14. The van der Waals surface area contributed by atoms with Gasteiger partial charge in [0.05, 0.1) is 0 Å². The van der Waals surface area contributed by atoms with Gasteiger partial charge in [-0.1, -0.05) is 0 Å². The number of nitrogens with two attached hydrogens (primary N) is 5. The molecule has 18 heteroatoms. The maximum absolute atomic E-state index is 7.14. The first kappa shape index (κ1) is 36.8. The van der Waals surface area contributed by atoms with Crippen LogP contribution in [0.4, 0.5) is 28.4 Å². The SMILES string of the molecule is Nc1ccc(ON2P(Oc3ccc(N)cc3)(Oc3ccc(N)cc3)=NPNP2(Oc2ccc(N)cc2)(Oc2ccc(N)cc2)Oc2ccc(Cl)cc2)cc1. The summed E-state index contributed by atoms with van der Waals surface area (Å²) in [5.41, 5.74) is 33.0. The Morgan fingerprint density at radius 1 is 0.481 bits per heavy atom. The molecule has 6 aromatic rings. The number of halogens is 1. The molecule has 0 aromatic heterocycles. The van der Waals surface area contributed by atoms with Crippen LogP contribution in [0.5, 0.6) is 34.5 Å². The first-order chi connectivity index (χ1) is 26.0. The Bertz CT molecular complexity index is 2100. The third-order valence-corrected chi connectivity index (χ3v) is 16.4. The van der Waals surface area contributed by atoms with Crippen molar-refractivity contribution >= 4 is 64.2 Å². The average molecular weight is 805 g/mol. The topological polar surface area (TPSA) is 213 Å². The van der Waals surface area contributed by atoms with E-state index in [4.69, 9.17) is 72.2 Å². The van der Waals surface area contributed by atoms with Crippen LogP contribution in [0.25, 0.3) is 0 Å². The molecule has 0 saturated heterocycles. The van der Waals surface area contributed by atoms with Crippen LogP contribution in [-0.4, -0.2) is 4.60 Å². The fourth-order valence-corrected chi connectivity index (χ4v) is 14.5. The Balaban J connectivity index is 1.56. The Morgan fingerprint density at radius 3 is 1.17 bits per heavy atom. The van der Waals surface area contributed by atoms with Crippen molar-refractivity contribution in [3.63, 3.8) is 0 Å². The third kappa shape index (κ3) is 8.00. The van der Waals surface area contributed by atoms with E-state index in [9.17, 15) is 0 Å². The standard InChI is InChI=1S/C36H36ClN8O6P3/c37-25-1-13-34(14-2-25)49-54(50-35-21-9-29(41)10-22-35,51-36-23-11-30(42)12-24-36)44-52-43-53(47-32-17-5-27(39)6-18-32,48-33-19-7-28(40)8-20-33)45(54)46-31-15-3-26(38)4-16-31/h1-24,44,52H,38-42H2. The molecule has 1 aliphatic heterocycles. The number of hydrogen-bond donors (Lipinski definition) is 6. The second-order valence-electron chi connectivity index (χ2n) is 11.8. The van der Waals surface area contributed by atoms with Gasteiger partial charge in [-0.3, -0.25) is 0 Å². The van der Waals surface area contributed by atoms with Gasteiger partial charge < -0.3 is 0 Å². The van der Waals surface area contributed by atoms with Gasteiger partial charge in [0, 0.05) is 0 Å².